The van der Waals surface area contributed by atoms with E-state index in [0.717, 1.165) is 6.26 Å². The second-order valence-corrected chi connectivity index (χ2v) is 6.10. The zero-order valence-corrected chi connectivity index (χ0v) is 10.4. The summed E-state index contributed by atoms with van der Waals surface area (Å²) >= 11 is 0. The molecule has 1 unspecified atom stereocenters. The fourth-order valence-corrected chi connectivity index (χ4v) is 2.10. The molecular formula is C9H19NO4S. The van der Waals surface area contributed by atoms with Gasteiger partial charge in [-0.05, 0) is 20.8 Å². The molecule has 0 aromatic rings. The Labute approximate surface area is 91.1 Å². The molecule has 0 amide bonds. The van der Waals surface area contributed by atoms with Crippen LogP contribution in [0.3, 0.4) is 0 Å². The standard InChI is InChI=1S/C9H19NO4S/c1-7(2)14-9(11)5-10-8(3)6-15(4,12)13/h7-8,10H,5-6H2,1-4H3. The van der Waals surface area contributed by atoms with Crippen molar-refractivity contribution < 1.29 is 17.9 Å². The predicted molar refractivity (Wildman–Crippen MR) is 58.4 cm³/mol. The number of rotatable bonds is 6. The summed E-state index contributed by atoms with van der Waals surface area (Å²) in [7, 11) is -3.01. The molecule has 0 aromatic carbocycles. The predicted octanol–water partition coefficient (Wildman–Crippen LogP) is -0.0393. The maximum atomic E-state index is 11.1. The van der Waals surface area contributed by atoms with Gasteiger partial charge in [0.05, 0.1) is 18.4 Å². The fraction of sp³-hybridized carbons (Fsp3) is 0.889. The zero-order chi connectivity index (χ0) is 12.1. The summed E-state index contributed by atoms with van der Waals surface area (Å²) in [6.07, 6.45) is 1.02. The molecule has 1 atom stereocenters. The second-order valence-electron chi connectivity index (χ2n) is 3.91. The van der Waals surface area contributed by atoms with Crippen LogP contribution < -0.4 is 5.32 Å². The topological polar surface area (TPSA) is 72.5 Å². The third kappa shape index (κ3) is 9.68. The number of hydrogen-bond donors (Lipinski definition) is 1. The number of nitrogens with one attached hydrogen (secondary N) is 1. The molecule has 1 N–H and O–H groups in total. The molecular weight excluding hydrogens is 218 g/mol. The van der Waals surface area contributed by atoms with E-state index in [-0.39, 0.29) is 30.4 Å². The molecule has 5 nitrogen and oxygen atoms in total. The van der Waals surface area contributed by atoms with Gasteiger partial charge in [0.15, 0.2) is 0 Å². The number of ether oxygens (including phenoxy) is 1. The lowest BCUT2D eigenvalue weighted by Crippen LogP contribution is -2.37. The monoisotopic (exact) mass is 237 g/mol. The smallest absolute Gasteiger partial charge is 0.320 e. The van der Waals surface area contributed by atoms with Crippen LogP contribution in [-0.2, 0) is 19.4 Å². The van der Waals surface area contributed by atoms with Gasteiger partial charge in [-0.3, -0.25) is 4.79 Å². The SMILES string of the molecule is CC(CS(C)(=O)=O)NCC(=O)OC(C)C. The minimum Gasteiger partial charge on any atom is -0.462 e. The van der Waals surface area contributed by atoms with E-state index in [4.69, 9.17) is 4.74 Å². The average Bonchev–Trinajstić information content (AvgIpc) is 1.96. The van der Waals surface area contributed by atoms with Gasteiger partial charge in [0.2, 0.25) is 0 Å². The minimum absolute atomic E-state index is 0.0158. The Bertz CT molecular complexity index is 297. The highest BCUT2D eigenvalue weighted by Gasteiger charge is 2.12. The van der Waals surface area contributed by atoms with E-state index in [1.807, 2.05) is 0 Å². The summed E-state index contributed by atoms with van der Waals surface area (Å²) < 4.78 is 26.7. The maximum absolute atomic E-state index is 11.1. The van der Waals surface area contributed by atoms with Crippen molar-refractivity contribution in [1.82, 2.24) is 5.32 Å². The molecule has 0 aliphatic heterocycles. The van der Waals surface area contributed by atoms with E-state index in [2.05, 4.69) is 5.32 Å². The van der Waals surface area contributed by atoms with E-state index in [9.17, 15) is 13.2 Å². The largest absolute Gasteiger partial charge is 0.462 e. The van der Waals surface area contributed by atoms with Crippen LogP contribution in [0.5, 0.6) is 0 Å². The zero-order valence-electron chi connectivity index (χ0n) is 9.61. The summed E-state index contributed by atoms with van der Waals surface area (Å²) in [4.78, 5) is 11.1. The van der Waals surface area contributed by atoms with Crippen molar-refractivity contribution in [2.75, 3.05) is 18.6 Å². The Hall–Kier alpha value is -0.620. The summed E-state index contributed by atoms with van der Waals surface area (Å²) in [5.74, 6) is -0.354. The van der Waals surface area contributed by atoms with Crippen LogP contribution in [-0.4, -0.2) is 45.1 Å². The van der Waals surface area contributed by atoms with Gasteiger partial charge in [-0.2, -0.15) is 0 Å². The number of esters is 1. The molecule has 0 aliphatic carbocycles. The van der Waals surface area contributed by atoms with Crippen LogP contribution in [0.15, 0.2) is 0 Å². The maximum Gasteiger partial charge on any atom is 0.320 e. The molecule has 0 saturated heterocycles. The summed E-state index contributed by atoms with van der Waals surface area (Å²) in [6.45, 7) is 5.27. The molecule has 0 saturated carbocycles. The second kappa shape index (κ2) is 6.07. The van der Waals surface area contributed by atoms with Gasteiger partial charge in [-0.1, -0.05) is 0 Å². The molecule has 0 aliphatic rings. The van der Waals surface area contributed by atoms with Crippen LogP contribution >= 0.6 is 0 Å². The molecule has 0 rings (SSSR count). The molecule has 0 spiro atoms. The lowest BCUT2D eigenvalue weighted by molar-refractivity contribution is -0.146. The highest BCUT2D eigenvalue weighted by molar-refractivity contribution is 7.90. The molecule has 15 heavy (non-hydrogen) atoms. The van der Waals surface area contributed by atoms with Crippen LogP contribution in [0, 0.1) is 0 Å². The number of carbonyl (C=O) groups is 1. The van der Waals surface area contributed by atoms with Crippen molar-refractivity contribution in [3.05, 3.63) is 0 Å². The average molecular weight is 237 g/mol. The molecule has 0 heterocycles. The van der Waals surface area contributed by atoms with E-state index in [1.165, 1.54) is 0 Å². The summed E-state index contributed by atoms with van der Waals surface area (Å²) in [5, 5.41) is 2.79. The van der Waals surface area contributed by atoms with E-state index < -0.39 is 9.84 Å². The Balaban J connectivity index is 3.81. The summed E-state index contributed by atoms with van der Waals surface area (Å²) in [5.41, 5.74) is 0. The summed E-state index contributed by atoms with van der Waals surface area (Å²) in [6, 6.07) is -0.250. The van der Waals surface area contributed by atoms with Crippen molar-refractivity contribution in [3.8, 4) is 0 Å². The van der Waals surface area contributed by atoms with Gasteiger partial charge in [0, 0.05) is 12.3 Å². The first kappa shape index (κ1) is 14.4. The van der Waals surface area contributed by atoms with Crippen LogP contribution in [0.4, 0.5) is 0 Å². The van der Waals surface area contributed by atoms with Crippen molar-refractivity contribution in [2.45, 2.75) is 32.9 Å². The third-order valence-electron chi connectivity index (χ3n) is 1.51. The van der Waals surface area contributed by atoms with E-state index in [0.29, 0.717) is 0 Å². The van der Waals surface area contributed by atoms with Gasteiger partial charge < -0.3 is 10.1 Å². The quantitative estimate of drug-likeness (QED) is 0.656. The van der Waals surface area contributed by atoms with Gasteiger partial charge >= 0.3 is 5.97 Å². The van der Waals surface area contributed by atoms with Gasteiger partial charge in [-0.15, -0.1) is 0 Å². The van der Waals surface area contributed by atoms with Crippen molar-refractivity contribution in [3.63, 3.8) is 0 Å². The Morgan fingerprint density at radius 2 is 1.87 bits per heavy atom. The normalized spacial score (nSPS) is 13.9. The van der Waals surface area contributed by atoms with Crippen molar-refractivity contribution in [2.24, 2.45) is 0 Å². The van der Waals surface area contributed by atoms with Crippen molar-refractivity contribution >= 4 is 15.8 Å². The highest BCUT2D eigenvalue weighted by atomic mass is 32.2. The van der Waals surface area contributed by atoms with Crippen LogP contribution in [0.1, 0.15) is 20.8 Å². The first-order valence-electron chi connectivity index (χ1n) is 4.81. The number of carbonyl (C=O) groups excluding carboxylic acids is 1. The third-order valence-corrected chi connectivity index (χ3v) is 2.62. The van der Waals surface area contributed by atoms with Crippen LogP contribution in [0.2, 0.25) is 0 Å². The van der Waals surface area contributed by atoms with E-state index in [1.54, 1.807) is 20.8 Å². The highest BCUT2D eigenvalue weighted by Crippen LogP contribution is 1.91. The van der Waals surface area contributed by atoms with E-state index >= 15 is 0 Å². The van der Waals surface area contributed by atoms with Gasteiger partial charge in [0.25, 0.3) is 0 Å². The fourth-order valence-electron chi connectivity index (χ4n) is 1.08. The Morgan fingerprint density at radius 3 is 2.27 bits per heavy atom. The number of hydrogen-bond acceptors (Lipinski definition) is 5. The lowest BCUT2D eigenvalue weighted by Gasteiger charge is -2.13. The molecule has 0 aromatic heterocycles. The molecule has 0 radical (unpaired) electrons. The lowest BCUT2D eigenvalue weighted by atomic mass is 10.4. The minimum atomic E-state index is -3.01. The first-order valence-corrected chi connectivity index (χ1v) is 6.87. The molecule has 6 heteroatoms. The van der Waals surface area contributed by atoms with Crippen LogP contribution in [0.25, 0.3) is 0 Å². The van der Waals surface area contributed by atoms with Gasteiger partial charge in [-0.25, -0.2) is 8.42 Å². The molecule has 0 bridgehead atoms. The first-order chi connectivity index (χ1) is 6.70. The van der Waals surface area contributed by atoms with Crippen molar-refractivity contribution in [1.29, 1.82) is 0 Å². The Kier molecular flexibility index (Phi) is 5.82. The molecule has 90 valence electrons. The Morgan fingerprint density at radius 1 is 1.33 bits per heavy atom. The molecule has 0 fully saturated rings. The number of sulfone groups is 1. The van der Waals surface area contributed by atoms with Gasteiger partial charge in [0.1, 0.15) is 9.84 Å².